The van der Waals surface area contributed by atoms with Crippen LogP contribution in [-0.2, 0) is 6.54 Å². The van der Waals surface area contributed by atoms with Gasteiger partial charge in [0.1, 0.15) is 0 Å². The van der Waals surface area contributed by atoms with Gasteiger partial charge in [-0.2, -0.15) is 0 Å². The van der Waals surface area contributed by atoms with E-state index in [1.165, 1.54) is 22.0 Å². The van der Waals surface area contributed by atoms with Crippen molar-refractivity contribution in [3.63, 3.8) is 0 Å². The number of aromatic nitrogens is 1. The van der Waals surface area contributed by atoms with E-state index in [4.69, 9.17) is 0 Å². The highest BCUT2D eigenvalue weighted by molar-refractivity contribution is 9.10. The number of aromatic amines is 1. The van der Waals surface area contributed by atoms with Crippen molar-refractivity contribution in [1.29, 1.82) is 0 Å². The van der Waals surface area contributed by atoms with Gasteiger partial charge in [-0.1, -0.05) is 46.3 Å². The van der Waals surface area contributed by atoms with Gasteiger partial charge in [-0.05, 0) is 41.6 Å². The number of H-pyrrole nitrogens is 1. The summed E-state index contributed by atoms with van der Waals surface area (Å²) in [7, 11) is 0. The Morgan fingerprint density at radius 3 is 2.85 bits per heavy atom. The van der Waals surface area contributed by atoms with E-state index in [0.29, 0.717) is 6.04 Å². The normalized spacial score (nSPS) is 12.7. The lowest BCUT2D eigenvalue weighted by Crippen LogP contribution is -2.18. The molecule has 1 heterocycles. The first-order valence-corrected chi connectivity index (χ1v) is 7.57. The predicted molar refractivity (Wildman–Crippen MR) is 87.7 cm³/mol. The second-order valence-corrected chi connectivity index (χ2v) is 5.93. The maximum Gasteiger partial charge on any atom is 0.0499 e. The second-order valence-electron chi connectivity index (χ2n) is 5.02. The van der Waals surface area contributed by atoms with Crippen LogP contribution in [0.3, 0.4) is 0 Å². The summed E-state index contributed by atoms with van der Waals surface area (Å²) in [6.45, 7) is 3.04. The minimum Gasteiger partial charge on any atom is -0.361 e. The molecule has 0 saturated carbocycles. The fraction of sp³-hybridized carbons (Fsp3) is 0.176. The Kier molecular flexibility index (Phi) is 3.90. The molecule has 0 aliphatic carbocycles. The predicted octanol–water partition coefficient (Wildman–Crippen LogP) is 4.78. The van der Waals surface area contributed by atoms with Crippen molar-refractivity contribution in [2.45, 2.75) is 19.5 Å². The third-order valence-electron chi connectivity index (χ3n) is 3.62. The number of hydrogen-bond acceptors (Lipinski definition) is 1. The fourth-order valence-corrected chi connectivity index (χ4v) is 2.87. The van der Waals surface area contributed by atoms with E-state index in [9.17, 15) is 0 Å². The molecule has 3 rings (SSSR count). The Labute approximate surface area is 127 Å². The first-order chi connectivity index (χ1) is 9.74. The van der Waals surface area contributed by atoms with Crippen molar-refractivity contribution in [1.82, 2.24) is 10.3 Å². The molecule has 0 bridgehead atoms. The Morgan fingerprint density at radius 1 is 1.15 bits per heavy atom. The molecular formula is C17H17BrN2. The van der Waals surface area contributed by atoms with Crippen LogP contribution in [-0.4, -0.2) is 4.98 Å². The summed E-state index contributed by atoms with van der Waals surface area (Å²) < 4.78 is 1.12. The number of benzene rings is 2. The van der Waals surface area contributed by atoms with Gasteiger partial charge in [0.2, 0.25) is 0 Å². The molecule has 0 radical (unpaired) electrons. The molecule has 0 unspecified atom stereocenters. The van der Waals surface area contributed by atoms with Gasteiger partial charge in [-0.15, -0.1) is 0 Å². The van der Waals surface area contributed by atoms with Gasteiger partial charge in [-0.25, -0.2) is 0 Å². The van der Waals surface area contributed by atoms with Gasteiger partial charge in [-0.3, -0.25) is 0 Å². The van der Waals surface area contributed by atoms with Crippen molar-refractivity contribution < 1.29 is 0 Å². The summed E-state index contributed by atoms with van der Waals surface area (Å²) in [6, 6.07) is 17.3. The molecule has 0 spiro atoms. The lowest BCUT2D eigenvalue weighted by molar-refractivity contribution is 0.576. The average Bonchev–Trinajstić information content (AvgIpc) is 2.93. The zero-order valence-electron chi connectivity index (χ0n) is 11.4. The van der Waals surface area contributed by atoms with Crippen LogP contribution < -0.4 is 5.32 Å². The van der Waals surface area contributed by atoms with Crippen molar-refractivity contribution >= 4 is 26.8 Å². The lowest BCUT2D eigenvalue weighted by atomic mass is 10.1. The SMILES string of the molecule is C[C@H](NCc1cccc2cc[nH]c12)c1cccc(Br)c1. The number of para-hydroxylation sites is 1. The molecule has 3 heteroatoms. The van der Waals surface area contributed by atoms with Crippen molar-refractivity contribution in [2.24, 2.45) is 0 Å². The maximum atomic E-state index is 3.58. The molecule has 0 fully saturated rings. The minimum atomic E-state index is 0.317. The molecule has 0 aliphatic rings. The van der Waals surface area contributed by atoms with Gasteiger partial charge < -0.3 is 10.3 Å². The van der Waals surface area contributed by atoms with Crippen molar-refractivity contribution in [2.75, 3.05) is 0 Å². The molecule has 0 amide bonds. The molecule has 102 valence electrons. The molecule has 2 aromatic carbocycles. The van der Waals surface area contributed by atoms with E-state index in [1.54, 1.807) is 0 Å². The first kappa shape index (κ1) is 13.4. The number of halogens is 1. The van der Waals surface area contributed by atoms with E-state index in [2.05, 4.69) is 81.7 Å². The minimum absolute atomic E-state index is 0.317. The van der Waals surface area contributed by atoms with Crippen LogP contribution in [0.2, 0.25) is 0 Å². The number of nitrogens with one attached hydrogen (secondary N) is 2. The van der Waals surface area contributed by atoms with E-state index in [-0.39, 0.29) is 0 Å². The molecule has 2 N–H and O–H groups in total. The van der Waals surface area contributed by atoms with Crippen LogP contribution in [0.25, 0.3) is 10.9 Å². The third kappa shape index (κ3) is 2.79. The third-order valence-corrected chi connectivity index (χ3v) is 4.11. The lowest BCUT2D eigenvalue weighted by Gasteiger charge is -2.15. The molecule has 20 heavy (non-hydrogen) atoms. The number of fused-ring (bicyclic) bond motifs is 1. The van der Waals surface area contributed by atoms with Crippen LogP contribution >= 0.6 is 15.9 Å². The van der Waals surface area contributed by atoms with Gasteiger partial charge in [0.15, 0.2) is 0 Å². The zero-order valence-corrected chi connectivity index (χ0v) is 12.9. The summed E-state index contributed by atoms with van der Waals surface area (Å²) in [5.74, 6) is 0. The van der Waals surface area contributed by atoms with E-state index in [0.717, 1.165) is 11.0 Å². The van der Waals surface area contributed by atoms with E-state index in [1.807, 2.05) is 6.20 Å². The molecule has 3 aromatic rings. The maximum absolute atomic E-state index is 3.58. The Morgan fingerprint density at radius 2 is 2.00 bits per heavy atom. The molecular weight excluding hydrogens is 312 g/mol. The van der Waals surface area contributed by atoms with Crippen LogP contribution in [0, 0.1) is 0 Å². The van der Waals surface area contributed by atoms with E-state index >= 15 is 0 Å². The summed E-state index contributed by atoms with van der Waals surface area (Å²) in [4.78, 5) is 3.31. The van der Waals surface area contributed by atoms with Gasteiger partial charge in [0.05, 0.1) is 0 Å². The number of hydrogen-bond donors (Lipinski definition) is 2. The topological polar surface area (TPSA) is 27.8 Å². The smallest absolute Gasteiger partial charge is 0.0499 e. The van der Waals surface area contributed by atoms with Crippen LogP contribution in [0.5, 0.6) is 0 Å². The summed E-state index contributed by atoms with van der Waals surface area (Å²) in [5.41, 5.74) is 3.81. The standard InChI is InChI=1S/C17H17BrN2/c1-12(14-5-3-7-16(18)10-14)20-11-15-6-2-4-13-8-9-19-17(13)15/h2-10,12,19-20H,11H2,1H3/t12-/m0/s1. The highest BCUT2D eigenvalue weighted by Gasteiger charge is 2.07. The average molecular weight is 329 g/mol. The molecule has 1 aromatic heterocycles. The highest BCUT2D eigenvalue weighted by Crippen LogP contribution is 2.20. The molecule has 0 aliphatic heterocycles. The fourth-order valence-electron chi connectivity index (χ4n) is 2.45. The summed E-state index contributed by atoms with van der Waals surface area (Å²) in [5, 5.41) is 4.85. The zero-order chi connectivity index (χ0) is 13.9. The van der Waals surface area contributed by atoms with Gasteiger partial charge >= 0.3 is 0 Å². The molecule has 2 nitrogen and oxygen atoms in total. The van der Waals surface area contributed by atoms with Crippen LogP contribution in [0.15, 0.2) is 59.2 Å². The second kappa shape index (κ2) is 5.81. The summed E-state index contributed by atoms with van der Waals surface area (Å²) in [6.07, 6.45) is 1.99. The Bertz CT molecular complexity index is 718. The Hall–Kier alpha value is -1.58. The highest BCUT2D eigenvalue weighted by atomic mass is 79.9. The van der Waals surface area contributed by atoms with Crippen molar-refractivity contribution in [3.05, 3.63) is 70.3 Å². The quantitative estimate of drug-likeness (QED) is 0.708. The molecule has 1 atom stereocenters. The monoisotopic (exact) mass is 328 g/mol. The van der Waals surface area contributed by atoms with Crippen molar-refractivity contribution in [3.8, 4) is 0 Å². The van der Waals surface area contributed by atoms with E-state index < -0.39 is 0 Å². The van der Waals surface area contributed by atoms with Crippen LogP contribution in [0.4, 0.5) is 0 Å². The van der Waals surface area contributed by atoms with Gasteiger partial charge in [0.25, 0.3) is 0 Å². The summed E-state index contributed by atoms with van der Waals surface area (Å²) >= 11 is 3.52. The Balaban J connectivity index is 1.74. The first-order valence-electron chi connectivity index (χ1n) is 6.78. The number of rotatable bonds is 4. The largest absolute Gasteiger partial charge is 0.361 e. The van der Waals surface area contributed by atoms with Crippen LogP contribution in [0.1, 0.15) is 24.1 Å². The molecule has 0 saturated heterocycles. The van der Waals surface area contributed by atoms with Gasteiger partial charge in [0, 0.05) is 28.8 Å².